The average Bonchev–Trinajstić information content (AvgIpc) is 2.36. The van der Waals surface area contributed by atoms with E-state index in [1.54, 1.807) is 18.2 Å². The van der Waals surface area contributed by atoms with E-state index in [-0.39, 0.29) is 5.84 Å². The smallest absolute Gasteiger partial charge is 0.146 e. The summed E-state index contributed by atoms with van der Waals surface area (Å²) in [6.07, 6.45) is 0. The fourth-order valence-electron chi connectivity index (χ4n) is 1.69. The number of aryl methyl sites for hydroxylation is 2. The zero-order chi connectivity index (χ0) is 14.0. The first kappa shape index (κ1) is 13.4. The number of benzene rings is 2. The molecule has 0 radical (unpaired) electrons. The molecule has 0 fully saturated rings. The highest BCUT2D eigenvalue weighted by atomic mass is 35.5. The van der Waals surface area contributed by atoms with Crippen LogP contribution in [0.5, 0.6) is 11.5 Å². The van der Waals surface area contributed by atoms with Crippen molar-refractivity contribution in [2.24, 2.45) is 5.73 Å². The lowest BCUT2D eigenvalue weighted by Gasteiger charge is -2.11. The fraction of sp³-hybridized carbons (Fsp3) is 0.133. The number of nitrogens with one attached hydrogen (secondary N) is 1. The van der Waals surface area contributed by atoms with Crippen LogP contribution in [0.25, 0.3) is 0 Å². The van der Waals surface area contributed by atoms with Gasteiger partial charge >= 0.3 is 0 Å². The summed E-state index contributed by atoms with van der Waals surface area (Å²) in [7, 11) is 0. The molecule has 3 N–H and O–H groups in total. The van der Waals surface area contributed by atoms with Gasteiger partial charge in [-0.05, 0) is 49.2 Å². The highest BCUT2D eigenvalue weighted by Crippen LogP contribution is 2.32. The van der Waals surface area contributed by atoms with E-state index in [9.17, 15) is 0 Å². The Kier molecular flexibility index (Phi) is 3.76. The van der Waals surface area contributed by atoms with Crippen LogP contribution in [-0.2, 0) is 0 Å². The Labute approximate surface area is 117 Å². The summed E-state index contributed by atoms with van der Waals surface area (Å²) in [6, 6.07) is 11.1. The molecular formula is C15H15ClN2O. The maximum absolute atomic E-state index is 7.36. The number of halogens is 1. The molecule has 0 saturated carbocycles. The van der Waals surface area contributed by atoms with E-state index >= 15 is 0 Å². The average molecular weight is 275 g/mol. The molecule has 0 saturated heterocycles. The van der Waals surface area contributed by atoms with Gasteiger partial charge in [-0.2, -0.15) is 0 Å². The SMILES string of the molecule is Cc1ccc(C)c(Oc2ccc(C(=N)N)cc2Cl)c1. The maximum atomic E-state index is 7.36. The topological polar surface area (TPSA) is 59.1 Å². The molecule has 98 valence electrons. The Morgan fingerprint density at radius 3 is 2.47 bits per heavy atom. The largest absolute Gasteiger partial charge is 0.456 e. The van der Waals surface area contributed by atoms with E-state index in [0.717, 1.165) is 16.9 Å². The molecule has 19 heavy (non-hydrogen) atoms. The molecule has 0 aliphatic heterocycles. The van der Waals surface area contributed by atoms with Gasteiger partial charge in [0, 0.05) is 5.56 Å². The summed E-state index contributed by atoms with van der Waals surface area (Å²) >= 11 is 6.14. The van der Waals surface area contributed by atoms with Gasteiger partial charge in [0.1, 0.15) is 17.3 Å². The van der Waals surface area contributed by atoms with Gasteiger partial charge in [-0.1, -0.05) is 23.7 Å². The van der Waals surface area contributed by atoms with Crippen molar-refractivity contribution in [1.29, 1.82) is 5.41 Å². The summed E-state index contributed by atoms with van der Waals surface area (Å²) in [4.78, 5) is 0. The molecule has 0 heterocycles. The molecule has 0 amide bonds. The van der Waals surface area contributed by atoms with Crippen LogP contribution in [0.15, 0.2) is 36.4 Å². The van der Waals surface area contributed by atoms with Crippen LogP contribution in [0, 0.1) is 19.3 Å². The van der Waals surface area contributed by atoms with Gasteiger partial charge < -0.3 is 10.5 Å². The number of nitrogen functional groups attached to an aromatic ring is 1. The third-order valence-electron chi connectivity index (χ3n) is 2.81. The molecule has 0 atom stereocenters. The van der Waals surface area contributed by atoms with Gasteiger partial charge in [0.05, 0.1) is 5.02 Å². The van der Waals surface area contributed by atoms with Crippen molar-refractivity contribution in [3.8, 4) is 11.5 Å². The maximum Gasteiger partial charge on any atom is 0.146 e. The van der Waals surface area contributed by atoms with Crippen LogP contribution >= 0.6 is 11.6 Å². The second-order valence-corrected chi connectivity index (χ2v) is 4.84. The van der Waals surface area contributed by atoms with Crippen LogP contribution in [-0.4, -0.2) is 5.84 Å². The summed E-state index contributed by atoms with van der Waals surface area (Å²) in [6.45, 7) is 3.99. The van der Waals surface area contributed by atoms with Crippen molar-refractivity contribution in [2.45, 2.75) is 13.8 Å². The summed E-state index contributed by atoms with van der Waals surface area (Å²) < 4.78 is 5.81. The molecule has 0 unspecified atom stereocenters. The van der Waals surface area contributed by atoms with E-state index in [0.29, 0.717) is 16.3 Å². The number of hydrogen-bond acceptors (Lipinski definition) is 2. The van der Waals surface area contributed by atoms with Crippen molar-refractivity contribution >= 4 is 17.4 Å². The Hall–Kier alpha value is -2.00. The first-order valence-electron chi connectivity index (χ1n) is 5.86. The van der Waals surface area contributed by atoms with E-state index in [1.165, 1.54) is 0 Å². The van der Waals surface area contributed by atoms with E-state index in [4.69, 9.17) is 27.5 Å². The molecule has 0 aromatic heterocycles. The minimum Gasteiger partial charge on any atom is -0.456 e. The van der Waals surface area contributed by atoms with Gasteiger partial charge in [-0.15, -0.1) is 0 Å². The number of rotatable bonds is 3. The minimum absolute atomic E-state index is 0.0137. The first-order valence-corrected chi connectivity index (χ1v) is 6.24. The Balaban J connectivity index is 2.33. The summed E-state index contributed by atoms with van der Waals surface area (Å²) in [5.41, 5.74) is 8.16. The molecule has 2 rings (SSSR count). The zero-order valence-electron chi connectivity index (χ0n) is 10.8. The highest BCUT2D eigenvalue weighted by Gasteiger charge is 2.08. The second kappa shape index (κ2) is 5.33. The van der Waals surface area contributed by atoms with Crippen molar-refractivity contribution in [1.82, 2.24) is 0 Å². The Morgan fingerprint density at radius 1 is 1.11 bits per heavy atom. The number of amidine groups is 1. The lowest BCUT2D eigenvalue weighted by atomic mass is 10.1. The van der Waals surface area contributed by atoms with Gasteiger partial charge in [0.2, 0.25) is 0 Å². The molecule has 0 aliphatic rings. The quantitative estimate of drug-likeness (QED) is 0.656. The number of ether oxygens (including phenoxy) is 1. The molecule has 0 bridgehead atoms. The molecule has 2 aromatic rings. The fourth-order valence-corrected chi connectivity index (χ4v) is 1.91. The normalized spacial score (nSPS) is 10.3. The van der Waals surface area contributed by atoms with Gasteiger partial charge in [0.15, 0.2) is 0 Å². The van der Waals surface area contributed by atoms with Gasteiger partial charge in [-0.25, -0.2) is 0 Å². The van der Waals surface area contributed by atoms with Crippen LogP contribution < -0.4 is 10.5 Å². The highest BCUT2D eigenvalue weighted by molar-refractivity contribution is 6.32. The van der Waals surface area contributed by atoms with Crippen molar-refractivity contribution in [3.05, 3.63) is 58.1 Å². The predicted octanol–water partition coefficient (Wildman–Crippen LogP) is 4.03. The van der Waals surface area contributed by atoms with Crippen molar-refractivity contribution < 1.29 is 4.74 Å². The number of hydrogen-bond donors (Lipinski definition) is 2. The standard InChI is InChI=1S/C15H15ClN2O/c1-9-3-4-10(2)14(7-9)19-13-6-5-11(15(17)18)8-12(13)16/h3-8H,1-2H3,(H3,17,18). The van der Waals surface area contributed by atoms with Crippen LogP contribution in [0.4, 0.5) is 0 Å². The lowest BCUT2D eigenvalue weighted by molar-refractivity contribution is 0.478. The van der Waals surface area contributed by atoms with E-state index < -0.39 is 0 Å². The predicted molar refractivity (Wildman–Crippen MR) is 78.5 cm³/mol. The molecule has 2 aromatic carbocycles. The van der Waals surface area contributed by atoms with Crippen LogP contribution in [0.1, 0.15) is 16.7 Å². The molecular weight excluding hydrogens is 260 g/mol. The van der Waals surface area contributed by atoms with Crippen LogP contribution in [0.2, 0.25) is 5.02 Å². The van der Waals surface area contributed by atoms with Crippen molar-refractivity contribution in [3.63, 3.8) is 0 Å². The van der Waals surface area contributed by atoms with E-state index in [2.05, 4.69) is 0 Å². The first-order chi connectivity index (χ1) is 8.97. The zero-order valence-corrected chi connectivity index (χ0v) is 11.6. The summed E-state index contributed by atoms with van der Waals surface area (Å²) in [5.74, 6) is 1.32. The Bertz CT molecular complexity index is 638. The second-order valence-electron chi connectivity index (χ2n) is 4.43. The van der Waals surface area contributed by atoms with Crippen molar-refractivity contribution in [2.75, 3.05) is 0 Å². The molecule has 3 nitrogen and oxygen atoms in total. The molecule has 0 aliphatic carbocycles. The monoisotopic (exact) mass is 274 g/mol. The third-order valence-corrected chi connectivity index (χ3v) is 3.10. The summed E-state index contributed by atoms with van der Waals surface area (Å²) in [5, 5.41) is 7.80. The Morgan fingerprint density at radius 2 is 1.84 bits per heavy atom. The van der Waals surface area contributed by atoms with Gasteiger partial charge in [0.25, 0.3) is 0 Å². The van der Waals surface area contributed by atoms with Gasteiger partial charge in [-0.3, -0.25) is 5.41 Å². The number of nitrogens with two attached hydrogens (primary N) is 1. The molecule has 0 spiro atoms. The van der Waals surface area contributed by atoms with Crippen LogP contribution in [0.3, 0.4) is 0 Å². The minimum atomic E-state index is -0.0137. The third kappa shape index (κ3) is 3.06. The van der Waals surface area contributed by atoms with E-state index in [1.807, 2.05) is 32.0 Å². The molecule has 4 heteroatoms. The lowest BCUT2D eigenvalue weighted by Crippen LogP contribution is -2.10.